The van der Waals surface area contributed by atoms with Gasteiger partial charge in [-0.15, -0.1) is 0 Å². The van der Waals surface area contributed by atoms with Gasteiger partial charge in [-0.05, 0) is 125 Å². The first kappa shape index (κ1) is 33.8. The molecule has 22 radical (unpaired) electrons. The molecule has 4 saturated carbocycles. The first-order chi connectivity index (χ1) is 16.1. The Labute approximate surface area is 244 Å². The van der Waals surface area contributed by atoms with E-state index in [0.29, 0.717) is 6.71 Å². The molecule has 0 atom stereocenters. The maximum atomic E-state index is 2.31. The summed E-state index contributed by atoms with van der Waals surface area (Å²) >= 11 is 0. The van der Waals surface area contributed by atoms with E-state index in [2.05, 4.69) is 159 Å². The van der Waals surface area contributed by atoms with Crippen LogP contribution in [0.1, 0.15) is 0 Å². The second-order valence-electron chi connectivity index (χ2n) is 8.63. The molecule has 0 saturated heterocycles. The van der Waals surface area contributed by atoms with Crippen molar-refractivity contribution in [3.63, 3.8) is 0 Å². The summed E-state index contributed by atoms with van der Waals surface area (Å²) in [7, 11) is -0.338. The summed E-state index contributed by atoms with van der Waals surface area (Å²) in [6, 6.07) is 10.7. The van der Waals surface area contributed by atoms with Gasteiger partial charge in [0.05, 0.1) is 0 Å². The Bertz CT molecular complexity index is 583. The minimum atomic E-state index is -0.169. The van der Waals surface area contributed by atoms with Crippen molar-refractivity contribution in [2.75, 3.05) is 0 Å². The normalized spacial score (nSPS) is 21.2. The Morgan fingerprint density at radius 3 is 1.06 bits per heavy atom. The Morgan fingerprint density at radius 2 is 0.771 bits per heavy atom. The zero-order valence-corrected chi connectivity index (χ0v) is 25.1. The van der Waals surface area contributed by atoms with Crippen molar-refractivity contribution in [3.05, 3.63) is 156 Å². The van der Waals surface area contributed by atoms with Gasteiger partial charge in [-0.1, -0.05) is 62.0 Å². The molecule has 1 aromatic rings. The van der Waals surface area contributed by atoms with Crippen molar-refractivity contribution < 1.29 is 34.1 Å². The molecule has 4 fully saturated rings. The minimum Gasteiger partial charge on any atom is -0.0788 e. The zero-order valence-electron chi connectivity index (χ0n) is 20.9. The molecule has 0 amide bonds. The standard InChI is InChI=1S/C16H13B.2C7H10Si.2Fe/c1-2-8-14(9-3-1)17(15-10-4-5-11-15)16-12-6-7-13-16;2*1-8(2)7-5-3-4-6-7;;/h1-13H;2*3-6H,1-2H3;;/q;;;2*+2. The van der Waals surface area contributed by atoms with Crippen LogP contribution in [0.4, 0.5) is 0 Å². The van der Waals surface area contributed by atoms with Gasteiger partial charge in [-0.25, -0.2) is 0 Å². The van der Waals surface area contributed by atoms with Crippen LogP contribution in [0, 0.1) is 125 Å². The van der Waals surface area contributed by atoms with E-state index in [1.807, 2.05) is 0 Å². The summed E-state index contributed by atoms with van der Waals surface area (Å²) < 4.78 is 0. The van der Waals surface area contributed by atoms with Crippen LogP contribution >= 0.6 is 0 Å². The second kappa shape index (κ2) is 18.9. The first-order valence-corrected chi connectivity index (χ1v) is 16.6. The van der Waals surface area contributed by atoms with Gasteiger partial charge in [0.25, 0.3) is 0 Å². The summed E-state index contributed by atoms with van der Waals surface area (Å²) in [6.07, 6.45) is 34.4. The van der Waals surface area contributed by atoms with Crippen LogP contribution in [-0.2, 0) is 34.1 Å². The van der Waals surface area contributed by atoms with Crippen molar-refractivity contribution >= 4 is 29.8 Å². The predicted octanol–water partition coefficient (Wildman–Crippen LogP) is 5.64. The summed E-state index contributed by atoms with van der Waals surface area (Å²) in [5, 5.41) is 0. The van der Waals surface area contributed by atoms with Crippen molar-refractivity contribution in [2.24, 2.45) is 0 Å². The van der Waals surface area contributed by atoms with E-state index in [1.54, 1.807) is 0 Å². The van der Waals surface area contributed by atoms with Gasteiger partial charge < -0.3 is 0 Å². The van der Waals surface area contributed by atoms with Gasteiger partial charge in [-0.3, -0.25) is 0 Å². The van der Waals surface area contributed by atoms with Gasteiger partial charge in [0.2, 0.25) is 0 Å². The molecule has 0 nitrogen and oxygen atoms in total. The first-order valence-electron chi connectivity index (χ1n) is 11.6. The second-order valence-corrected chi connectivity index (χ2v) is 13.8. The predicted molar refractivity (Wildman–Crippen MR) is 149 cm³/mol. The zero-order chi connectivity index (χ0) is 23.5. The van der Waals surface area contributed by atoms with E-state index in [4.69, 9.17) is 0 Å². The van der Waals surface area contributed by atoms with Gasteiger partial charge >= 0.3 is 34.1 Å². The maximum absolute atomic E-state index is 2.31. The summed E-state index contributed by atoms with van der Waals surface area (Å²) in [5.41, 5.74) is 4.43. The van der Waals surface area contributed by atoms with Crippen LogP contribution in [0.5, 0.6) is 0 Å². The number of rotatable bonds is 5. The SMILES string of the molecule is C[Si](C)[C]1[CH][CH][CH][CH]1.C[Si](C)[C]1[CH][CH][CH][CH]1.[CH]1[CH][CH][C](B([C]2[CH][CH][CH][CH]2)c2ccccc2)[CH]1.[Fe+2].[Fe+2]. The average molecular weight is 572 g/mol. The molecule has 0 heterocycles. The molecule has 5 heteroatoms. The monoisotopic (exact) mass is 572 g/mol. The quantitative estimate of drug-likeness (QED) is 0.401. The third kappa shape index (κ3) is 11.6. The van der Waals surface area contributed by atoms with Gasteiger partial charge in [0.15, 0.2) is 6.71 Å². The minimum absolute atomic E-state index is 0. The van der Waals surface area contributed by atoms with Gasteiger partial charge in [0, 0.05) is 17.6 Å². The fourth-order valence-corrected chi connectivity index (χ4v) is 5.52. The summed E-state index contributed by atoms with van der Waals surface area (Å²) in [5.74, 6) is 2.73. The van der Waals surface area contributed by atoms with Gasteiger partial charge in [-0.2, -0.15) is 0 Å². The average Bonchev–Trinajstić information content (AvgIpc) is 3.64. The molecule has 4 aliphatic rings. The number of hydrogen-bond acceptors (Lipinski definition) is 0. The van der Waals surface area contributed by atoms with E-state index >= 15 is 0 Å². The van der Waals surface area contributed by atoms with E-state index in [1.165, 1.54) is 28.2 Å². The maximum Gasteiger partial charge on any atom is 2.00 e. The molecule has 5 rings (SSSR count). The van der Waals surface area contributed by atoms with E-state index in [9.17, 15) is 0 Å². The van der Waals surface area contributed by atoms with E-state index in [-0.39, 0.29) is 51.7 Å². The molecule has 35 heavy (non-hydrogen) atoms. The Hall–Kier alpha value is 0.758. The van der Waals surface area contributed by atoms with Crippen LogP contribution in [-0.4, -0.2) is 24.3 Å². The van der Waals surface area contributed by atoms with Crippen LogP contribution in [0.3, 0.4) is 0 Å². The van der Waals surface area contributed by atoms with E-state index < -0.39 is 0 Å². The van der Waals surface area contributed by atoms with Crippen molar-refractivity contribution in [1.82, 2.24) is 0 Å². The molecule has 4 aliphatic carbocycles. The molecule has 0 aromatic heterocycles. The van der Waals surface area contributed by atoms with Crippen molar-refractivity contribution in [2.45, 2.75) is 26.2 Å². The molecule has 1 aromatic carbocycles. The molecular formula is C30H33BFe2Si2+4. The van der Waals surface area contributed by atoms with Crippen LogP contribution < -0.4 is 5.46 Å². The van der Waals surface area contributed by atoms with Gasteiger partial charge in [0.1, 0.15) is 0 Å². The topological polar surface area (TPSA) is 0 Å². The molecule has 0 N–H and O–H groups in total. The third-order valence-electron chi connectivity index (χ3n) is 5.66. The smallest absolute Gasteiger partial charge is 0.0788 e. The summed E-state index contributed by atoms with van der Waals surface area (Å²) in [6.45, 7) is 9.58. The Balaban J connectivity index is 0.000000288. The van der Waals surface area contributed by atoms with E-state index in [0.717, 1.165) is 0 Å². The fourth-order valence-electron chi connectivity index (χ4n) is 3.80. The third-order valence-corrected chi connectivity index (χ3v) is 8.63. The van der Waals surface area contributed by atoms with Crippen LogP contribution in [0.2, 0.25) is 26.2 Å². The summed E-state index contributed by atoms with van der Waals surface area (Å²) in [4.78, 5) is 0. The van der Waals surface area contributed by atoms with Crippen molar-refractivity contribution in [3.8, 4) is 0 Å². The number of hydrogen-bond donors (Lipinski definition) is 0. The molecule has 0 spiro atoms. The van der Waals surface area contributed by atoms with Crippen LogP contribution in [0.15, 0.2) is 30.3 Å². The largest absolute Gasteiger partial charge is 2.00 e. The molecule has 0 aliphatic heterocycles. The Morgan fingerprint density at radius 1 is 0.457 bits per heavy atom. The fraction of sp³-hybridized carbons (Fsp3) is 0.133. The Kier molecular flexibility index (Phi) is 18.3. The molecular weight excluding hydrogens is 539 g/mol. The molecule has 0 unspecified atom stereocenters. The number of benzene rings is 1. The van der Waals surface area contributed by atoms with Crippen LogP contribution in [0.25, 0.3) is 0 Å². The van der Waals surface area contributed by atoms with Crippen molar-refractivity contribution in [1.29, 1.82) is 0 Å². The molecule has 0 bridgehead atoms. The molecule has 176 valence electrons.